The lowest BCUT2D eigenvalue weighted by Gasteiger charge is -2.07. The molecule has 1 aromatic heterocycles. The molecule has 1 heterocycles. The molecule has 0 radical (unpaired) electrons. The molecule has 0 aliphatic heterocycles. The van der Waals surface area contributed by atoms with Gasteiger partial charge >= 0.3 is 6.09 Å². The number of nitrogens with one attached hydrogen (secondary N) is 1. The molecule has 0 saturated heterocycles. The summed E-state index contributed by atoms with van der Waals surface area (Å²) in [6.07, 6.45) is 1.14. The summed E-state index contributed by atoms with van der Waals surface area (Å²) in [4.78, 5) is 15.6. The van der Waals surface area contributed by atoms with Gasteiger partial charge in [0.05, 0.1) is 12.8 Å². The summed E-state index contributed by atoms with van der Waals surface area (Å²) in [5.41, 5.74) is 2.47. The molecule has 1 N–H and O–H groups in total. The van der Waals surface area contributed by atoms with Gasteiger partial charge in [-0.1, -0.05) is 27.5 Å². The molecular formula is C17H14BrClN4O2. The second-order valence-corrected chi connectivity index (χ2v) is 6.46. The van der Waals surface area contributed by atoms with Crippen molar-refractivity contribution in [2.75, 3.05) is 7.11 Å². The van der Waals surface area contributed by atoms with E-state index in [4.69, 9.17) is 11.6 Å². The van der Waals surface area contributed by atoms with Crippen molar-refractivity contribution in [3.8, 4) is 17.1 Å². The highest BCUT2D eigenvalue weighted by molar-refractivity contribution is 9.10. The van der Waals surface area contributed by atoms with E-state index in [0.29, 0.717) is 10.8 Å². The lowest BCUT2D eigenvalue weighted by molar-refractivity contribution is 0.170. The Balaban J connectivity index is 1.84. The number of carbonyl (C=O) groups excluding carboxylic acids is 1. The molecule has 2 aromatic carbocycles. The Bertz CT molecular complexity index is 896. The average molecular weight is 422 g/mol. The van der Waals surface area contributed by atoms with Gasteiger partial charge in [-0.2, -0.15) is 0 Å². The molecule has 0 aliphatic rings. The Hall–Kier alpha value is -2.38. The molecule has 6 nitrogen and oxygen atoms in total. The van der Waals surface area contributed by atoms with Crippen molar-refractivity contribution in [1.82, 2.24) is 20.1 Å². The number of methoxy groups -OCH3 is 1. The minimum absolute atomic E-state index is 0.257. The van der Waals surface area contributed by atoms with E-state index in [1.807, 2.05) is 36.4 Å². The van der Waals surface area contributed by atoms with Crippen LogP contribution in [0.4, 0.5) is 4.79 Å². The van der Waals surface area contributed by atoms with E-state index in [2.05, 4.69) is 36.1 Å². The SMILES string of the molecule is COC(=O)NCc1cc(-c2ncn(-c3ccc(Br)cc3)n2)ccc1Cl. The Morgan fingerprint density at radius 3 is 2.76 bits per heavy atom. The largest absolute Gasteiger partial charge is 0.453 e. The predicted octanol–water partition coefficient (Wildman–Crippen LogP) is 4.21. The summed E-state index contributed by atoms with van der Waals surface area (Å²) < 4.78 is 7.26. The van der Waals surface area contributed by atoms with Gasteiger partial charge < -0.3 is 10.1 Å². The van der Waals surface area contributed by atoms with E-state index in [-0.39, 0.29) is 6.54 Å². The second-order valence-electron chi connectivity index (χ2n) is 5.14. The summed E-state index contributed by atoms with van der Waals surface area (Å²) >= 11 is 9.59. The van der Waals surface area contributed by atoms with Gasteiger partial charge in [-0.25, -0.2) is 14.5 Å². The number of halogens is 2. The summed E-state index contributed by atoms with van der Waals surface area (Å²) in [5, 5.41) is 7.65. The monoisotopic (exact) mass is 420 g/mol. The van der Waals surface area contributed by atoms with Crippen LogP contribution in [0.1, 0.15) is 5.56 Å². The molecule has 3 rings (SSSR count). The van der Waals surface area contributed by atoms with Gasteiger partial charge in [0.25, 0.3) is 0 Å². The molecule has 25 heavy (non-hydrogen) atoms. The number of amides is 1. The first-order valence-electron chi connectivity index (χ1n) is 7.35. The van der Waals surface area contributed by atoms with Gasteiger partial charge in [-0.05, 0) is 48.0 Å². The lowest BCUT2D eigenvalue weighted by atomic mass is 10.1. The predicted molar refractivity (Wildman–Crippen MR) is 98.7 cm³/mol. The highest BCUT2D eigenvalue weighted by atomic mass is 79.9. The maximum atomic E-state index is 11.2. The first-order valence-corrected chi connectivity index (χ1v) is 8.52. The van der Waals surface area contributed by atoms with Crippen molar-refractivity contribution >= 4 is 33.6 Å². The number of alkyl carbamates (subject to hydrolysis) is 1. The number of hydrogen-bond donors (Lipinski definition) is 1. The third-order valence-corrected chi connectivity index (χ3v) is 4.39. The van der Waals surface area contributed by atoms with Crippen LogP contribution in [0.15, 0.2) is 53.3 Å². The number of rotatable bonds is 4. The van der Waals surface area contributed by atoms with Crippen LogP contribution in [0, 0.1) is 0 Å². The van der Waals surface area contributed by atoms with Crippen molar-refractivity contribution in [1.29, 1.82) is 0 Å². The minimum atomic E-state index is -0.515. The number of hydrogen-bond acceptors (Lipinski definition) is 4. The maximum Gasteiger partial charge on any atom is 0.407 e. The topological polar surface area (TPSA) is 69.0 Å². The zero-order chi connectivity index (χ0) is 17.8. The number of ether oxygens (including phenoxy) is 1. The van der Waals surface area contributed by atoms with Crippen molar-refractivity contribution in [3.63, 3.8) is 0 Å². The van der Waals surface area contributed by atoms with Crippen LogP contribution < -0.4 is 5.32 Å². The van der Waals surface area contributed by atoms with Gasteiger partial charge in [0.2, 0.25) is 0 Å². The van der Waals surface area contributed by atoms with Crippen LogP contribution in [0.3, 0.4) is 0 Å². The van der Waals surface area contributed by atoms with Crippen LogP contribution in [-0.2, 0) is 11.3 Å². The standard InChI is InChI=1S/C17H14BrClN4O2/c1-25-17(24)20-9-12-8-11(2-7-15(12)19)16-21-10-23(22-16)14-5-3-13(18)4-6-14/h2-8,10H,9H2,1H3,(H,20,24). The minimum Gasteiger partial charge on any atom is -0.453 e. The van der Waals surface area contributed by atoms with E-state index in [0.717, 1.165) is 21.3 Å². The van der Waals surface area contributed by atoms with E-state index in [1.54, 1.807) is 17.1 Å². The molecule has 0 aliphatic carbocycles. The highest BCUT2D eigenvalue weighted by Crippen LogP contribution is 2.23. The zero-order valence-electron chi connectivity index (χ0n) is 13.2. The van der Waals surface area contributed by atoms with Gasteiger partial charge in [-0.15, -0.1) is 5.10 Å². The van der Waals surface area contributed by atoms with Crippen molar-refractivity contribution in [2.45, 2.75) is 6.54 Å². The molecule has 0 fully saturated rings. The lowest BCUT2D eigenvalue weighted by Crippen LogP contribution is -2.22. The first-order chi connectivity index (χ1) is 12.1. The third kappa shape index (κ3) is 4.18. The number of carbonyl (C=O) groups is 1. The molecule has 0 spiro atoms. The quantitative estimate of drug-likeness (QED) is 0.685. The van der Waals surface area contributed by atoms with Crippen molar-refractivity contribution in [3.05, 3.63) is 63.9 Å². The van der Waals surface area contributed by atoms with Gasteiger partial charge in [0, 0.05) is 21.6 Å². The summed E-state index contributed by atoms with van der Waals surface area (Å²) in [7, 11) is 1.31. The van der Waals surface area contributed by atoms with Gasteiger partial charge in [0.1, 0.15) is 6.33 Å². The van der Waals surface area contributed by atoms with Gasteiger partial charge in [0.15, 0.2) is 5.82 Å². The van der Waals surface area contributed by atoms with E-state index < -0.39 is 6.09 Å². The summed E-state index contributed by atoms with van der Waals surface area (Å²) in [6, 6.07) is 13.2. The Kier molecular flexibility index (Phi) is 5.35. The summed E-state index contributed by atoms with van der Waals surface area (Å²) in [6.45, 7) is 0.257. The van der Waals surface area contributed by atoms with Gasteiger partial charge in [-0.3, -0.25) is 0 Å². The molecule has 0 saturated carbocycles. The fourth-order valence-electron chi connectivity index (χ4n) is 2.20. The zero-order valence-corrected chi connectivity index (χ0v) is 15.6. The molecule has 0 bridgehead atoms. The molecule has 128 valence electrons. The van der Waals surface area contributed by atoms with E-state index in [1.165, 1.54) is 7.11 Å². The fourth-order valence-corrected chi connectivity index (χ4v) is 2.65. The number of nitrogens with zero attached hydrogens (tertiary/aromatic N) is 3. The molecule has 0 unspecified atom stereocenters. The molecular weight excluding hydrogens is 408 g/mol. The molecule has 3 aromatic rings. The molecule has 0 atom stereocenters. The maximum absolute atomic E-state index is 11.2. The smallest absolute Gasteiger partial charge is 0.407 e. The van der Waals surface area contributed by atoms with Crippen LogP contribution in [0.25, 0.3) is 17.1 Å². The average Bonchev–Trinajstić information content (AvgIpc) is 3.11. The van der Waals surface area contributed by atoms with Crippen LogP contribution in [-0.4, -0.2) is 28.0 Å². The van der Waals surface area contributed by atoms with Crippen LogP contribution in [0.5, 0.6) is 0 Å². The van der Waals surface area contributed by atoms with Crippen LogP contribution >= 0.6 is 27.5 Å². The Morgan fingerprint density at radius 2 is 2.04 bits per heavy atom. The highest BCUT2D eigenvalue weighted by Gasteiger charge is 2.10. The van der Waals surface area contributed by atoms with E-state index in [9.17, 15) is 4.79 Å². The fraction of sp³-hybridized carbons (Fsp3) is 0.118. The van der Waals surface area contributed by atoms with E-state index >= 15 is 0 Å². The molecule has 1 amide bonds. The normalized spacial score (nSPS) is 10.5. The summed E-state index contributed by atoms with van der Waals surface area (Å²) in [5.74, 6) is 0.568. The van der Waals surface area contributed by atoms with Crippen LogP contribution in [0.2, 0.25) is 5.02 Å². The Morgan fingerprint density at radius 1 is 1.28 bits per heavy atom. The second kappa shape index (κ2) is 7.67. The number of aromatic nitrogens is 3. The van der Waals surface area contributed by atoms with Crippen molar-refractivity contribution in [2.24, 2.45) is 0 Å². The molecule has 8 heteroatoms. The van der Waals surface area contributed by atoms with Crippen molar-refractivity contribution < 1.29 is 9.53 Å². The third-order valence-electron chi connectivity index (χ3n) is 3.50. The number of benzene rings is 2. The first kappa shape index (κ1) is 17.4. The Labute approximate surface area is 157 Å².